The van der Waals surface area contributed by atoms with E-state index in [0.29, 0.717) is 0 Å². The van der Waals surface area contributed by atoms with E-state index in [9.17, 15) is 4.79 Å². The highest BCUT2D eigenvalue weighted by atomic mass is 16.5. The number of hydrogen-bond acceptors (Lipinski definition) is 4. The van der Waals surface area contributed by atoms with Gasteiger partial charge >= 0.3 is 5.97 Å². The predicted octanol–water partition coefficient (Wildman–Crippen LogP) is 0.995. The highest BCUT2D eigenvalue weighted by Crippen LogP contribution is 1.88. The Kier molecular flexibility index (Phi) is 8.87. The Morgan fingerprint density at radius 2 is 2.13 bits per heavy atom. The summed E-state index contributed by atoms with van der Waals surface area (Å²) in [5.74, 6) is -0.330. The molecule has 1 N–H and O–H groups in total. The van der Waals surface area contributed by atoms with Crippen LogP contribution < -0.4 is 5.32 Å². The topological polar surface area (TPSA) is 41.6 Å². The maximum atomic E-state index is 10.7. The van der Waals surface area contributed by atoms with Gasteiger partial charge in [-0.25, -0.2) is 4.79 Å². The first-order valence-electron chi connectivity index (χ1n) is 5.44. The Morgan fingerprint density at radius 1 is 1.40 bits per heavy atom. The number of rotatable bonds is 8. The number of ether oxygens (including phenoxy) is 1. The molecule has 0 heterocycles. The molecule has 4 nitrogen and oxygen atoms in total. The van der Waals surface area contributed by atoms with E-state index >= 15 is 0 Å². The van der Waals surface area contributed by atoms with Crippen molar-refractivity contribution < 1.29 is 9.53 Å². The van der Waals surface area contributed by atoms with Crippen molar-refractivity contribution in [1.82, 2.24) is 10.2 Å². The Balaban J connectivity index is 3.51. The SMILES string of the molecule is CCCN(CC)CCN/C=C/C(=O)OC. The van der Waals surface area contributed by atoms with Crippen LogP contribution in [0.5, 0.6) is 0 Å². The molecule has 4 heteroatoms. The standard InChI is InChI=1S/C11H22N2O2/c1-4-9-13(5-2)10-8-12-7-6-11(14)15-3/h6-7,12H,4-5,8-10H2,1-3H3/b7-6+. The first kappa shape index (κ1) is 14.0. The van der Waals surface area contributed by atoms with Crippen LogP contribution in [0.3, 0.4) is 0 Å². The van der Waals surface area contributed by atoms with Gasteiger partial charge in [-0.05, 0) is 19.5 Å². The third-order valence-corrected chi connectivity index (χ3v) is 2.10. The first-order chi connectivity index (χ1) is 7.24. The minimum absolute atomic E-state index is 0.330. The van der Waals surface area contributed by atoms with E-state index in [0.717, 1.165) is 26.2 Å². The van der Waals surface area contributed by atoms with Crippen LogP contribution in [0.25, 0.3) is 0 Å². The predicted molar refractivity (Wildman–Crippen MR) is 61.6 cm³/mol. The van der Waals surface area contributed by atoms with Gasteiger partial charge in [0.1, 0.15) is 0 Å². The number of methoxy groups -OCH3 is 1. The smallest absolute Gasteiger partial charge is 0.331 e. The number of hydrogen-bond donors (Lipinski definition) is 1. The molecular weight excluding hydrogens is 192 g/mol. The number of carbonyl (C=O) groups excluding carboxylic acids is 1. The van der Waals surface area contributed by atoms with Gasteiger partial charge in [-0.2, -0.15) is 0 Å². The van der Waals surface area contributed by atoms with Crippen LogP contribution >= 0.6 is 0 Å². The molecule has 0 fully saturated rings. The zero-order valence-electron chi connectivity index (χ0n) is 9.95. The molecule has 0 amide bonds. The van der Waals surface area contributed by atoms with Crippen molar-refractivity contribution in [3.8, 4) is 0 Å². The van der Waals surface area contributed by atoms with E-state index < -0.39 is 0 Å². The lowest BCUT2D eigenvalue weighted by molar-refractivity contribution is -0.134. The fraction of sp³-hybridized carbons (Fsp3) is 0.727. The summed E-state index contributed by atoms with van der Waals surface area (Å²) in [6.45, 7) is 8.36. The maximum Gasteiger partial charge on any atom is 0.331 e. The summed E-state index contributed by atoms with van der Waals surface area (Å²) in [5.41, 5.74) is 0. The minimum atomic E-state index is -0.330. The van der Waals surface area contributed by atoms with Gasteiger partial charge in [-0.15, -0.1) is 0 Å². The zero-order valence-corrected chi connectivity index (χ0v) is 9.95. The summed E-state index contributed by atoms with van der Waals surface area (Å²) in [6.07, 6.45) is 4.19. The highest BCUT2D eigenvalue weighted by molar-refractivity contribution is 5.81. The molecule has 0 atom stereocenters. The summed E-state index contributed by atoms with van der Waals surface area (Å²) in [7, 11) is 1.37. The first-order valence-corrected chi connectivity index (χ1v) is 5.44. The van der Waals surface area contributed by atoms with Crippen LogP contribution in [0, 0.1) is 0 Å². The number of likely N-dealkylation sites (N-methyl/N-ethyl adjacent to an activating group) is 1. The average Bonchev–Trinajstić information content (AvgIpc) is 2.26. The molecule has 88 valence electrons. The van der Waals surface area contributed by atoms with E-state index in [1.54, 1.807) is 6.20 Å². The molecular formula is C11H22N2O2. The lowest BCUT2D eigenvalue weighted by Gasteiger charge is -2.18. The quantitative estimate of drug-likeness (QED) is 0.372. The number of nitrogens with zero attached hydrogens (tertiary/aromatic N) is 1. The van der Waals surface area contributed by atoms with Gasteiger partial charge < -0.3 is 15.0 Å². The third-order valence-electron chi connectivity index (χ3n) is 2.10. The Hall–Kier alpha value is -1.03. The molecule has 0 unspecified atom stereocenters. The summed E-state index contributed by atoms with van der Waals surface area (Å²) in [5, 5.41) is 3.05. The second-order valence-electron chi connectivity index (χ2n) is 3.24. The lowest BCUT2D eigenvalue weighted by atomic mass is 10.4. The van der Waals surface area contributed by atoms with E-state index in [-0.39, 0.29) is 5.97 Å². The zero-order chi connectivity index (χ0) is 11.5. The van der Waals surface area contributed by atoms with Crippen molar-refractivity contribution in [2.45, 2.75) is 20.3 Å². The van der Waals surface area contributed by atoms with Crippen LogP contribution in [-0.2, 0) is 9.53 Å². The van der Waals surface area contributed by atoms with E-state index in [1.165, 1.54) is 19.6 Å². The fourth-order valence-electron chi connectivity index (χ4n) is 1.25. The fourth-order valence-corrected chi connectivity index (χ4v) is 1.25. The minimum Gasteiger partial charge on any atom is -0.466 e. The van der Waals surface area contributed by atoms with Crippen molar-refractivity contribution in [2.24, 2.45) is 0 Å². The molecule has 0 aliphatic heterocycles. The van der Waals surface area contributed by atoms with Gasteiger partial charge in [0.05, 0.1) is 7.11 Å². The number of carbonyl (C=O) groups is 1. The second kappa shape index (κ2) is 9.52. The largest absolute Gasteiger partial charge is 0.466 e. The summed E-state index contributed by atoms with van der Waals surface area (Å²) < 4.78 is 4.46. The number of nitrogens with one attached hydrogen (secondary N) is 1. The molecule has 0 aliphatic carbocycles. The molecule has 0 spiro atoms. The van der Waals surface area contributed by atoms with Crippen LogP contribution in [0.4, 0.5) is 0 Å². The molecule has 0 aromatic carbocycles. The Bertz CT molecular complexity index is 193. The molecule has 0 bridgehead atoms. The van der Waals surface area contributed by atoms with Gasteiger partial charge in [-0.1, -0.05) is 13.8 Å². The Labute approximate surface area is 92.3 Å². The van der Waals surface area contributed by atoms with Gasteiger partial charge in [0.25, 0.3) is 0 Å². The molecule has 0 radical (unpaired) electrons. The van der Waals surface area contributed by atoms with Crippen molar-refractivity contribution in [1.29, 1.82) is 0 Å². The van der Waals surface area contributed by atoms with E-state index in [4.69, 9.17) is 0 Å². The molecule has 15 heavy (non-hydrogen) atoms. The average molecular weight is 214 g/mol. The maximum absolute atomic E-state index is 10.7. The second-order valence-corrected chi connectivity index (χ2v) is 3.24. The summed E-state index contributed by atoms with van der Waals surface area (Å²) >= 11 is 0. The van der Waals surface area contributed by atoms with Gasteiger partial charge in [0.2, 0.25) is 0 Å². The molecule has 0 aromatic rings. The summed E-state index contributed by atoms with van der Waals surface area (Å²) in [4.78, 5) is 13.1. The van der Waals surface area contributed by atoms with Gasteiger partial charge in [0, 0.05) is 25.4 Å². The van der Waals surface area contributed by atoms with E-state index in [1.807, 2.05) is 0 Å². The van der Waals surface area contributed by atoms with Crippen molar-refractivity contribution in [3.05, 3.63) is 12.3 Å². The lowest BCUT2D eigenvalue weighted by Crippen LogP contribution is -2.31. The third kappa shape index (κ3) is 8.00. The molecule has 0 saturated carbocycles. The molecule has 0 aliphatic rings. The van der Waals surface area contributed by atoms with Gasteiger partial charge in [-0.3, -0.25) is 0 Å². The van der Waals surface area contributed by atoms with Crippen molar-refractivity contribution in [3.63, 3.8) is 0 Å². The van der Waals surface area contributed by atoms with Crippen LogP contribution in [-0.4, -0.2) is 44.2 Å². The van der Waals surface area contributed by atoms with Crippen molar-refractivity contribution in [2.75, 3.05) is 33.3 Å². The summed E-state index contributed by atoms with van der Waals surface area (Å²) in [6, 6.07) is 0. The molecule has 0 rings (SSSR count). The normalized spacial score (nSPS) is 10.9. The number of esters is 1. The van der Waals surface area contributed by atoms with Crippen LogP contribution in [0.1, 0.15) is 20.3 Å². The van der Waals surface area contributed by atoms with Gasteiger partial charge in [0.15, 0.2) is 0 Å². The molecule has 0 aromatic heterocycles. The molecule has 0 saturated heterocycles. The monoisotopic (exact) mass is 214 g/mol. The van der Waals surface area contributed by atoms with E-state index in [2.05, 4.69) is 28.8 Å². The highest BCUT2D eigenvalue weighted by Gasteiger charge is 1.98. The Morgan fingerprint density at radius 3 is 2.67 bits per heavy atom. The van der Waals surface area contributed by atoms with Crippen LogP contribution in [0.2, 0.25) is 0 Å². The van der Waals surface area contributed by atoms with Crippen molar-refractivity contribution >= 4 is 5.97 Å². The van der Waals surface area contributed by atoms with Crippen LogP contribution in [0.15, 0.2) is 12.3 Å².